The quantitative estimate of drug-likeness (QED) is 0.846. The third-order valence-electron chi connectivity index (χ3n) is 3.14. The molecule has 1 unspecified atom stereocenters. The minimum absolute atomic E-state index is 0.0446. The van der Waals surface area contributed by atoms with E-state index in [-0.39, 0.29) is 11.8 Å². The fourth-order valence-corrected chi connectivity index (χ4v) is 2.43. The van der Waals surface area contributed by atoms with E-state index in [1.54, 1.807) is 24.0 Å². The molecule has 1 atom stereocenters. The topological polar surface area (TPSA) is 59.2 Å². The lowest BCUT2D eigenvalue weighted by atomic mass is 10.1. The minimum Gasteiger partial charge on any atom is -0.339 e. The number of hydrogen-bond donors (Lipinski definition) is 0. The van der Waals surface area contributed by atoms with Crippen LogP contribution < -0.4 is 4.90 Å². The fourth-order valence-electron chi connectivity index (χ4n) is 2.25. The molecule has 0 spiro atoms. The lowest BCUT2D eigenvalue weighted by molar-refractivity contribution is -0.117. The Kier molecular flexibility index (Phi) is 2.98. The molecule has 1 aliphatic heterocycles. The standard InChI is InChI=1S/C13H12ClN3O2/c1-8-15-13(19-16-8)9-5-12(18)17(7-9)11-4-2-3-10(14)6-11/h2-4,6,9H,5,7H2,1H3. The van der Waals surface area contributed by atoms with Crippen molar-refractivity contribution < 1.29 is 9.32 Å². The maximum absolute atomic E-state index is 12.1. The highest BCUT2D eigenvalue weighted by atomic mass is 35.5. The van der Waals surface area contributed by atoms with Crippen LogP contribution in [0.15, 0.2) is 28.8 Å². The number of nitrogens with zero attached hydrogens (tertiary/aromatic N) is 3. The highest BCUT2D eigenvalue weighted by Gasteiger charge is 2.34. The van der Waals surface area contributed by atoms with Crippen LogP contribution in [0.25, 0.3) is 0 Å². The van der Waals surface area contributed by atoms with Gasteiger partial charge in [0.05, 0.1) is 5.92 Å². The molecule has 0 bridgehead atoms. The third-order valence-corrected chi connectivity index (χ3v) is 3.37. The first-order valence-corrected chi connectivity index (χ1v) is 6.37. The zero-order valence-electron chi connectivity index (χ0n) is 10.3. The summed E-state index contributed by atoms with van der Waals surface area (Å²) in [7, 11) is 0. The summed E-state index contributed by atoms with van der Waals surface area (Å²) in [4.78, 5) is 18.0. The van der Waals surface area contributed by atoms with Crippen LogP contribution in [0.1, 0.15) is 24.1 Å². The lowest BCUT2D eigenvalue weighted by Gasteiger charge is -2.16. The zero-order chi connectivity index (χ0) is 13.4. The van der Waals surface area contributed by atoms with Crippen molar-refractivity contribution in [3.63, 3.8) is 0 Å². The molecular weight excluding hydrogens is 266 g/mol. The second kappa shape index (κ2) is 4.66. The molecule has 0 aliphatic carbocycles. The Bertz CT molecular complexity index is 626. The van der Waals surface area contributed by atoms with E-state index >= 15 is 0 Å². The van der Waals surface area contributed by atoms with Gasteiger partial charge in [-0.1, -0.05) is 22.8 Å². The van der Waals surface area contributed by atoms with Gasteiger partial charge in [-0.25, -0.2) is 0 Å². The van der Waals surface area contributed by atoms with Gasteiger partial charge < -0.3 is 9.42 Å². The first-order valence-electron chi connectivity index (χ1n) is 5.99. The summed E-state index contributed by atoms with van der Waals surface area (Å²) in [5.74, 6) is 1.11. The minimum atomic E-state index is -0.0484. The van der Waals surface area contributed by atoms with Crippen molar-refractivity contribution in [2.24, 2.45) is 0 Å². The predicted octanol–water partition coefficient (Wildman–Crippen LogP) is 2.55. The first-order chi connectivity index (χ1) is 9.13. The molecule has 98 valence electrons. The van der Waals surface area contributed by atoms with E-state index in [2.05, 4.69) is 10.1 Å². The highest BCUT2D eigenvalue weighted by Crippen LogP contribution is 2.31. The second-order valence-electron chi connectivity index (χ2n) is 4.57. The third kappa shape index (κ3) is 2.33. The summed E-state index contributed by atoms with van der Waals surface area (Å²) in [5, 5.41) is 4.37. The van der Waals surface area contributed by atoms with Crippen molar-refractivity contribution in [3.05, 3.63) is 41.0 Å². The van der Waals surface area contributed by atoms with Gasteiger partial charge in [0.1, 0.15) is 0 Å². The zero-order valence-corrected chi connectivity index (χ0v) is 11.1. The van der Waals surface area contributed by atoms with Crippen molar-refractivity contribution in [3.8, 4) is 0 Å². The van der Waals surface area contributed by atoms with Crippen LogP contribution in [0, 0.1) is 6.92 Å². The van der Waals surface area contributed by atoms with Crippen LogP contribution in [0.2, 0.25) is 5.02 Å². The monoisotopic (exact) mass is 277 g/mol. The van der Waals surface area contributed by atoms with E-state index in [4.69, 9.17) is 16.1 Å². The largest absolute Gasteiger partial charge is 0.339 e. The Balaban J connectivity index is 1.84. The number of rotatable bonds is 2. The maximum Gasteiger partial charge on any atom is 0.232 e. The number of amides is 1. The molecule has 2 aromatic rings. The molecule has 0 N–H and O–H groups in total. The number of carbonyl (C=O) groups is 1. The normalized spacial score (nSPS) is 19.2. The van der Waals surface area contributed by atoms with Crippen molar-refractivity contribution in [2.45, 2.75) is 19.3 Å². The smallest absolute Gasteiger partial charge is 0.232 e. The average Bonchev–Trinajstić information content (AvgIpc) is 2.95. The first kappa shape index (κ1) is 12.2. The van der Waals surface area contributed by atoms with Crippen molar-refractivity contribution >= 4 is 23.2 Å². The maximum atomic E-state index is 12.1. The van der Waals surface area contributed by atoms with Crippen LogP contribution in [0.5, 0.6) is 0 Å². The molecule has 1 amide bonds. The molecule has 1 aromatic carbocycles. The fraction of sp³-hybridized carbons (Fsp3) is 0.308. The van der Waals surface area contributed by atoms with E-state index in [9.17, 15) is 4.79 Å². The van der Waals surface area contributed by atoms with Crippen molar-refractivity contribution in [1.82, 2.24) is 10.1 Å². The molecule has 1 fully saturated rings. The Morgan fingerprint density at radius 3 is 3.00 bits per heavy atom. The molecular formula is C13H12ClN3O2. The van der Waals surface area contributed by atoms with Crippen LogP contribution >= 0.6 is 11.6 Å². The molecule has 1 aromatic heterocycles. The molecule has 19 heavy (non-hydrogen) atoms. The van der Waals surface area contributed by atoms with E-state index in [0.717, 1.165) is 5.69 Å². The van der Waals surface area contributed by atoms with E-state index in [1.807, 2.05) is 12.1 Å². The van der Waals surface area contributed by atoms with Gasteiger partial charge in [-0.05, 0) is 25.1 Å². The number of aromatic nitrogens is 2. The predicted molar refractivity (Wildman–Crippen MR) is 70.2 cm³/mol. The van der Waals surface area contributed by atoms with Gasteiger partial charge >= 0.3 is 0 Å². The van der Waals surface area contributed by atoms with Gasteiger partial charge in [-0.3, -0.25) is 4.79 Å². The number of carbonyl (C=O) groups excluding carboxylic acids is 1. The van der Waals surface area contributed by atoms with Crippen LogP contribution in [-0.4, -0.2) is 22.6 Å². The summed E-state index contributed by atoms with van der Waals surface area (Å²) in [6.07, 6.45) is 0.383. The van der Waals surface area contributed by atoms with E-state index in [1.165, 1.54) is 0 Å². The number of anilines is 1. The number of hydrogen-bond acceptors (Lipinski definition) is 4. The number of halogens is 1. The van der Waals surface area contributed by atoms with Crippen LogP contribution in [0.4, 0.5) is 5.69 Å². The molecule has 2 heterocycles. The van der Waals surface area contributed by atoms with Gasteiger partial charge in [0, 0.05) is 23.7 Å². The summed E-state index contributed by atoms with van der Waals surface area (Å²) in [6, 6.07) is 7.26. The van der Waals surface area contributed by atoms with Gasteiger partial charge in [0.2, 0.25) is 11.8 Å². The van der Waals surface area contributed by atoms with Crippen LogP contribution in [0.3, 0.4) is 0 Å². The lowest BCUT2D eigenvalue weighted by Crippen LogP contribution is -2.24. The molecule has 1 saturated heterocycles. The van der Waals surface area contributed by atoms with Gasteiger partial charge in [-0.2, -0.15) is 4.98 Å². The number of benzene rings is 1. The SMILES string of the molecule is Cc1noc(C2CC(=O)N(c3cccc(Cl)c3)C2)n1. The van der Waals surface area contributed by atoms with Crippen molar-refractivity contribution in [1.29, 1.82) is 0 Å². The van der Waals surface area contributed by atoms with Crippen LogP contribution in [-0.2, 0) is 4.79 Å². The van der Waals surface area contributed by atoms with E-state index < -0.39 is 0 Å². The second-order valence-corrected chi connectivity index (χ2v) is 5.00. The molecule has 1 aliphatic rings. The van der Waals surface area contributed by atoms with E-state index in [0.29, 0.717) is 29.7 Å². The molecule has 3 rings (SSSR count). The Hall–Kier alpha value is -1.88. The summed E-state index contributed by atoms with van der Waals surface area (Å²) >= 11 is 5.95. The number of aryl methyl sites for hydroxylation is 1. The Morgan fingerprint density at radius 2 is 2.32 bits per heavy atom. The molecule has 0 saturated carbocycles. The van der Waals surface area contributed by atoms with Gasteiger partial charge in [-0.15, -0.1) is 0 Å². The van der Waals surface area contributed by atoms with Gasteiger partial charge in [0.15, 0.2) is 5.82 Å². The molecule has 0 radical (unpaired) electrons. The average molecular weight is 278 g/mol. The highest BCUT2D eigenvalue weighted by molar-refractivity contribution is 6.30. The Morgan fingerprint density at radius 1 is 1.47 bits per heavy atom. The van der Waals surface area contributed by atoms with Gasteiger partial charge in [0.25, 0.3) is 0 Å². The molecule has 6 heteroatoms. The summed E-state index contributed by atoms with van der Waals surface area (Å²) in [5.41, 5.74) is 0.802. The molecule has 5 nitrogen and oxygen atoms in total. The van der Waals surface area contributed by atoms with Crippen molar-refractivity contribution in [2.75, 3.05) is 11.4 Å². The Labute approximate surface area is 115 Å². The summed E-state index contributed by atoms with van der Waals surface area (Å²) in [6.45, 7) is 2.30. The summed E-state index contributed by atoms with van der Waals surface area (Å²) < 4.78 is 5.14.